The summed E-state index contributed by atoms with van der Waals surface area (Å²) in [4.78, 5) is 0. The molecular weight excluding hydrogens is 257 g/mol. The highest BCUT2D eigenvalue weighted by atomic mass is 19.1. The average molecular weight is 279 g/mol. The van der Waals surface area contributed by atoms with E-state index in [1.165, 1.54) is 6.07 Å². The number of halogens is 1. The predicted molar refractivity (Wildman–Crippen MR) is 75.1 cm³/mol. The Morgan fingerprint density at radius 2 is 1.85 bits per heavy atom. The molecule has 1 spiro atoms. The number of ether oxygens (including phenoxy) is 2. The molecule has 1 heterocycles. The molecule has 3 rings (SSSR count). The Labute approximate surface area is 119 Å². The second-order valence-corrected chi connectivity index (χ2v) is 5.93. The summed E-state index contributed by atoms with van der Waals surface area (Å²) in [6.07, 6.45) is 3.67. The molecule has 1 aromatic carbocycles. The number of nitrogens with one attached hydrogen (secondary N) is 1. The van der Waals surface area contributed by atoms with Crippen molar-refractivity contribution in [3.05, 3.63) is 35.6 Å². The molecule has 0 radical (unpaired) electrons. The average Bonchev–Trinajstić information content (AvgIpc) is 2.91. The van der Waals surface area contributed by atoms with Gasteiger partial charge in [0, 0.05) is 24.8 Å². The van der Waals surface area contributed by atoms with E-state index >= 15 is 0 Å². The highest BCUT2D eigenvalue weighted by molar-refractivity contribution is 5.28. The minimum Gasteiger partial charge on any atom is -0.348 e. The largest absolute Gasteiger partial charge is 0.348 e. The van der Waals surface area contributed by atoms with E-state index in [0.717, 1.165) is 37.8 Å². The van der Waals surface area contributed by atoms with Gasteiger partial charge in [0.1, 0.15) is 5.82 Å². The van der Waals surface area contributed by atoms with Gasteiger partial charge in [-0.3, -0.25) is 0 Å². The lowest BCUT2D eigenvalue weighted by atomic mass is 9.67. The zero-order valence-corrected chi connectivity index (χ0v) is 12.0. The first-order valence-electron chi connectivity index (χ1n) is 7.37. The minimum atomic E-state index is -0.370. The molecule has 1 saturated carbocycles. The van der Waals surface area contributed by atoms with Crippen molar-refractivity contribution in [2.24, 2.45) is 0 Å². The van der Waals surface area contributed by atoms with Crippen LogP contribution in [0, 0.1) is 5.82 Å². The lowest BCUT2D eigenvalue weighted by Gasteiger charge is -2.44. The monoisotopic (exact) mass is 279 g/mol. The van der Waals surface area contributed by atoms with Gasteiger partial charge in [0.15, 0.2) is 5.79 Å². The van der Waals surface area contributed by atoms with E-state index in [-0.39, 0.29) is 17.0 Å². The first-order chi connectivity index (χ1) is 9.68. The number of hydrogen-bond acceptors (Lipinski definition) is 3. The Morgan fingerprint density at radius 3 is 2.45 bits per heavy atom. The quantitative estimate of drug-likeness (QED) is 0.922. The van der Waals surface area contributed by atoms with Gasteiger partial charge in [-0.25, -0.2) is 4.39 Å². The molecular formula is C16H22FNO2. The van der Waals surface area contributed by atoms with Crippen LogP contribution in [0.1, 0.15) is 31.2 Å². The number of likely N-dealkylation sites (N-methyl/N-ethyl adjacent to an activating group) is 1. The molecule has 0 bridgehead atoms. The fourth-order valence-electron chi connectivity index (χ4n) is 3.62. The summed E-state index contributed by atoms with van der Waals surface area (Å²) in [5.74, 6) is -0.531. The Morgan fingerprint density at radius 1 is 1.15 bits per heavy atom. The van der Waals surface area contributed by atoms with Crippen molar-refractivity contribution in [2.75, 3.05) is 26.8 Å². The normalized spacial score (nSPS) is 24.1. The standard InChI is InChI=1S/C16H22FNO2/c1-18-12-15(13-3-2-4-14(17)11-13)5-7-16(8-6-15)19-9-10-20-16/h2-4,11,18H,5-10,12H2,1H3. The maximum absolute atomic E-state index is 13.6. The second kappa shape index (κ2) is 5.43. The fraction of sp³-hybridized carbons (Fsp3) is 0.625. The minimum absolute atomic E-state index is 0.0165. The molecule has 1 N–H and O–H groups in total. The maximum Gasteiger partial charge on any atom is 0.168 e. The van der Waals surface area contributed by atoms with Crippen molar-refractivity contribution >= 4 is 0 Å². The van der Waals surface area contributed by atoms with Gasteiger partial charge in [-0.05, 0) is 37.6 Å². The molecule has 1 aromatic rings. The van der Waals surface area contributed by atoms with Gasteiger partial charge in [0.05, 0.1) is 13.2 Å². The molecule has 4 heteroatoms. The third-order valence-corrected chi connectivity index (χ3v) is 4.73. The number of rotatable bonds is 3. The third kappa shape index (κ3) is 2.48. The summed E-state index contributed by atoms with van der Waals surface area (Å²) in [6.45, 7) is 2.24. The van der Waals surface area contributed by atoms with Gasteiger partial charge < -0.3 is 14.8 Å². The summed E-state index contributed by atoms with van der Waals surface area (Å²) < 4.78 is 25.1. The molecule has 1 saturated heterocycles. The smallest absolute Gasteiger partial charge is 0.168 e. The van der Waals surface area contributed by atoms with E-state index in [1.807, 2.05) is 13.1 Å². The van der Waals surface area contributed by atoms with Crippen LogP contribution in [-0.2, 0) is 14.9 Å². The van der Waals surface area contributed by atoms with Gasteiger partial charge in [0.2, 0.25) is 0 Å². The summed E-state index contributed by atoms with van der Waals surface area (Å²) in [5, 5.41) is 3.27. The molecule has 2 aliphatic rings. The maximum atomic E-state index is 13.6. The summed E-state index contributed by atoms with van der Waals surface area (Å²) in [6, 6.07) is 7.01. The van der Waals surface area contributed by atoms with E-state index in [4.69, 9.17) is 9.47 Å². The number of benzene rings is 1. The summed E-state index contributed by atoms with van der Waals surface area (Å²) in [5.41, 5.74) is 1.07. The molecule has 0 atom stereocenters. The van der Waals surface area contributed by atoms with E-state index in [0.29, 0.717) is 13.2 Å². The topological polar surface area (TPSA) is 30.5 Å². The molecule has 1 aliphatic heterocycles. The predicted octanol–water partition coefficient (Wildman–Crippen LogP) is 2.60. The van der Waals surface area contributed by atoms with Gasteiger partial charge in [0.25, 0.3) is 0 Å². The Hall–Kier alpha value is -0.970. The van der Waals surface area contributed by atoms with Crippen LogP contribution in [0.25, 0.3) is 0 Å². The Balaban J connectivity index is 1.83. The van der Waals surface area contributed by atoms with Crippen molar-refractivity contribution < 1.29 is 13.9 Å². The van der Waals surface area contributed by atoms with Crippen molar-refractivity contribution in [2.45, 2.75) is 36.9 Å². The molecule has 0 unspecified atom stereocenters. The van der Waals surface area contributed by atoms with Crippen molar-refractivity contribution in [1.82, 2.24) is 5.32 Å². The molecule has 3 nitrogen and oxygen atoms in total. The molecule has 0 aromatic heterocycles. The van der Waals surface area contributed by atoms with Crippen molar-refractivity contribution in [3.8, 4) is 0 Å². The van der Waals surface area contributed by atoms with Crippen LogP contribution in [0.3, 0.4) is 0 Å². The highest BCUT2D eigenvalue weighted by Crippen LogP contribution is 2.46. The van der Waals surface area contributed by atoms with E-state index < -0.39 is 0 Å². The van der Waals surface area contributed by atoms with E-state index in [9.17, 15) is 4.39 Å². The molecule has 110 valence electrons. The lowest BCUT2D eigenvalue weighted by Crippen LogP contribution is -2.46. The van der Waals surface area contributed by atoms with Gasteiger partial charge >= 0.3 is 0 Å². The van der Waals surface area contributed by atoms with E-state index in [2.05, 4.69) is 5.32 Å². The zero-order valence-electron chi connectivity index (χ0n) is 12.0. The highest BCUT2D eigenvalue weighted by Gasteiger charge is 2.46. The first kappa shape index (κ1) is 14.0. The third-order valence-electron chi connectivity index (χ3n) is 4.73. The van der Waals surface area contributed by atoms with Crippen LogP contribution in [0.4, 0.5) is 4.39 Å². The Kier molecular flexibility index (Phi) is 3.80. The Bertz CT molecular complexity index is 461. The van der Waals surface area contributed by atoms with Gasteiger partial charge in [-0.1, -0.05) is 12.1 Å². The van der Waals surface area contributed by atoms with Crippen LogP contribution in [0.5, 0.6) is 0 Å². The molecule has 0 amide bonds. The lowest BCUT2D eigenvalue weighted by molar-refractivity contribution is -0.185. The number of hydrogen-bond donors (Lipinski definition) is 1. The SMILES string of the molecule is CNCC1(c2cccc(F)c2)CCC2(CC1)OCCO2. The van der Waals surface area contributed by atoms with Crippen LogP contribution in [-0.4, -0.2) is 32.6 Å². The second-order valence-electron chi connectivity index (χ2n) is 5.93. The van der Waals surface area contributed by atoms with Crippen LogP contribution < -0.4 is 5.32 Å². The zero-order chi connectivity index (χ0) is 14.1. The van der Waals surface area contributed by atoms with Crippen molar-refractivity contribution in [1.29, 1.82) is 0 Å². The van der Waals surface area contributed by atoms with Gasteiger partial charge in [-0.2, -0.15) is 0 Å². The summed E-state index contributed by atoms with van der Waals surface area (Å²) in [7, 11) is 1.95. The van der Waals surface area contributed by atoms with Gasteiger partial charge in [-0.15, -0.1) is 0 Å². The molecule has 20 heavy (non-hydrogen) atoms. The first-order valence-corrected chi connectivity index (χ1v) is 7.37. The van der Waals surface area contributed by atoms with Crippen molar-refractivity contribution in [3.63, 3.8) is 0 Å². The van der Waals surface area contributed by atoms with Crippen LogP contribution in [0.15, 0.2) is 24.3 Å². The van der Waals surface area contributed by atoms with E-state index in [1.54, 1.807) is 12.1 Å². The fourth-order valence-corrected chi connectivity index (χ4v) is 3.62. The summed E-state index contributed by atoms with van der Waals surface area (Å²) >= 11 is 0. The van der Waals surface area contributed by atoms with Crippen LogP contribution >= 0.6 is 0 Å². The van der Waals surface area contributed by atoms with Crippen LogP contribution in [0.2, 0.25) is 0 Å². The molecule has 1 aliphatic carbocycles. The molecule has 2 fully saturated rings.